The zero-order chi connectivity index (χ0) is 13.5. The predicted molar refractivity (Wildman–Crippen MR) is 79.6 cm³/mol. The Kier molecular flexibility index (Phi) is 6.11. The first kappa shape index (κ1) is 14.8. The SMILES string of the molecule is CN(CCNCC1CCOC1)Cc1ccc(Cl)cc1. The number of benzene rings is 1. The van der Waals surface area contributed by atoms with Crippen LogP contribution in [0, 0.1) is 5.92 Å². The van der Waals surface area contributed by atoms with E-state index in [9.17, 15) is 0 Å². The van der Waals surface area contributed by atoms with Crippen molar-refractivity contribution < 1.29 is 4.74 Å². The molecule has 1 aliphatic heterocycles. The Balaban J connectivity index is 1.58. The molecule has 19 heavy (non-hydrogen) atoms. The Morgan fingerprint density at radius 1 is 1.37 bits per heavy atom. The number of nitrogens with zero attached hydrogens (tertiary/aromatic N) is 1. The topological polar surface area (TPSA) is 24.5 Å². The molecule has 1 heterocycles. The fourth-order valence-corrected chi connectivity index (χ4v) is 2.43. The zero-order valence-corrected chi connectivity index (χ0v) is 12.3. The molecule has 0 spiro atoms. The van der Waals surface area contributed by atoms with Crippen molar-refractivity contribution in [3.05, 3.63) is 34.9 Å². The largest absolute Gasteiger partial charge is 0.381 e. The van der Waals surface area contributed by atoms with Crippen LogP contribution in [0.25, 0.3) is 0 Å². The van der Waals surface area contributed by atoms with E-state index >= 15 is 0 Å². The van der Waals surface area contributed by atoms with Crippen molar-refractivity contribution in [1.29, 1.82) is 0 Å². The summed E-state index contributed by atoms with van der Waals surface area (Å²) in [6, 6.07) is 8.07. The summed E-state index contributed by atoms with van der Waals surface area (Å²) in [4.78, 5) is 2.32. The van der Waals surface area contributed by atoms with Crippen molar-refractivity contribution in [2.75, 3.05) is 39.9 Å². The van der Waals surface area contributed by atoms with Crippen LogP contribution in [-0.4, -0.2) is 44.8 Å². The summed E-state index contributed by atoms with van der Waals surface area (Å²) < 4.78 is 5.36. The van der Waals surface area contributed by atoms with Gasteiger partial charge in [0, 0.05) is 37.8 Å². The third-order valence-corrected chi connectivity index (χ3v) is 3.75. The molecule has 0 amide bonds. The Labute approximate surface area is 120 Å². The Bertz CT molecular complexity index is 363. The lowest BCUT2D eigenvalue weighted by Crippen LogP contribution is -2.32. The van der Waals surface area contributed by atoms with E-state index in [-0.39, 0.29) is 0 Å². The fourth-order valence-electron chi connectivity index (χ4n) is 2.30. The van der Waals surface area contributed by atoms with Gasteiger partial charge >= 0.3 is 0 Å². The summed E-state index contributed by atoms with van der Waals surface area (Å²) in [5.41, 5.74) is 1.30. The second-order valence-corrected chi connectivity index (χ2v) is 5.73. The third kappa shape index (κ3) is 5.49. The molecule has 0 aliphatic carbocycles. The van der Waals surface area contributed by atoms with Crippen LogP contribution < -0.4 is 5.32 Å². The molecule has 0 aromatic heterocycles. The summed E-state index contributed by atoms with van der Waals surface area (Å²) in [6.07, 6.45) is 1.20. The molecule has 1 atom stereocenters. The molecule has 0 radical (unpaired) electrons. The lowest BCUT2D eigenvalue weighted by atomic mass is 10.1. The molecule has 1 aromatic rings. The molecule has 1 fully saturated rings. The highest BCUT2D eigenvalue weighted by atomic mass is 35.5. The van der Waals surface area contributed by atoms with Crippen molar-refractivity contribution in [1.82, 2.24) is 10.2 Å². The van der Waals surface area contributed by atoms with E-state index in [1.54, 1.807) is 0 Å². The standard InChI is InChI=1S/C15H23ClN2O/c1-18(11-13-2-4-15(16)5-3-13)8-7-17-10-14-6-9-19-12-14/h2-5,14,17H,6-12H2,1H3. The maximum Gasteiger partial charge on any atom is 0.0507 e. The van der Waals surface area contributed by atoms with E-state index in [4.69, 9.17) is 16.3 Å². The Hall–Kier alpha value is -0.610. The normalized spacial score (nSPS) is 19.2. The molecule has 1 aliphatic rings. The second-order valence-electron chi connectivity index (χ2n) is 5.30. The van der Waals surface area contributed by atoms with Gasteiger partial charge in [-0.05, 0) is 37.1 Å². The van der Waals surface area contributed by atoms with Crippen LogP contribution >= 0.6 is 11.6 Å². The number of halogens is 1. The van der Waals surface area contributed by atoms with Crippen molar-refractivity contribution in [3.8, 4) is 0 Å². The molecule has 1 N–H and O–H groups in total. The summed E-state index contributed by atoms with van der Waals surface area (Å²) in [7, 11) is 2.15. The van der Waals surface area contributed by atoms with Crippen LogP contribution in [0.15, 0.2) is 24.3 Å². The second kappa shape index (κ2) is 7.85. The van der Waals surface area contributed by atoms with Crippen LogP contribution in [0.3, 0.4) is 0 Å². The predicted octanol–water partition coefficient (Wildman–Crippen LogP) is 2.40. The monoisotopic (exact) mass is 282 g/mol. The lowest BCUT2D eigenvalue weighted by Gasteiger charge is -2.18. The number of ether oxygens (including phenoxy) is 1. The van der Waals surface area contributed by atoms with Gasteiger partial charge in [0.15, 0.2) is 0 Å². The number of hydrogen-bond donors (Lipinski definition) is 1. The van der Waals surface area contributed by atoms with E-state index in [1.165, 1.54) is 12.0 Å². The van der Waals surface area contributed by atoms with Gasteiger partial charge in [-0.3, -0.25) is 0 Å². The minimum Gasteiger partial charge on any atom is -0.381 e. The van der Waals surface area contributed by atoms with Gasteiger partial charge in [-0.15, -0.1) is 0 Å². The molecule has 1 aromatic carbocycles. The van der Waals surface area contributed by atoms with Crippen molar-refractivity contribution in [3.63, 3.8) is 0 Å². The van der Waals surface area contributed by atoms with Gasteiger partial charge in [0.2, 0.25) is 0 Å². The fraction of sp³-hybridized carbons (Fsp3) is 0.600. The summed E-state index contributed by atoms with van der Waals surface area (Å²) in [6.45, 7) is 5.98. The summed E-state index contributed by atoms with van der Waals surface area (Å²) in [5, 5.41) is 4.31. The number of nitrogens with one attached hydrogen (secondary N) is 1. The highest BCUT2D eigenvalue weighted by molar-refractivity contribution is 6.30. The first-order valence-corrected chi connectivity index (χ1v) is 7.33. The van der Waals surface area contributed by atoms with Gasteiger partial charge in [0.05, 0.1) is 6.61 Å². The number of hydrogen-bond acceptors (Lipinski definition) is 3. The van der Waals surface area contributed by atoms with E-state index in [1.807, 2.05) is 12.1 Å². The first-order chi connectivity index (χ1) is 9.24. The van der Waals surface area contributed by atoms with Crippen molar-refractivity contribution in [2.45, 2.75) is 13.0 Å². The molecule has 3 nitrogen and oxygen atoms in total. The number of rotatable bonds is 7. The van der Waals surface area contributed by atoms with Crippen LogP contribution in [0.1, 0.15) is 12.0 Å². The molecule has 1 saturated heterocycles. The molecule has 1 unspecified atom stereocenters. The average Bonchev–Trinajstić information content (AvgIpc) is 2.91. The molecular formula is C15H23ClN2O. The smallest absolute Gasteiger partial charge is 0.0507 e. The highest BCUT2D eigenvalue weighted by Crippen LogP contribution is 2.11. The van der Waals surface area contributed by atoms with Crippen LogP contribution in [0.5, 0.6) is 0 Å². The first-order valence-electron chi connectivity index (χ1n) is 6.95. The lowest BCUT2D eigenvalue weighted by molar-refractivity contribution is 0.185. The van der Waals surface area contributed by atoms with Gasteiger partial charge in [0.1, 0.15) is 0 Å². The van der Waals surface area contributed by atoms with Crippen LogP contribution in [0.4, 0.5) is 0 Å². The maximum atomic E-state index is 5.88. The minimum absolute atomic E-state index is 0.710. The van der Waals surface area contributed by atoms with E-state index in [0.717, 1.165) is 44.4 Å². The molecule has 0 saturated carbocycles. The molecular weight excluding hydrogens is 260 g/mol. The summed E-state index contributed by atoms with van der Waals surface area (Å²) >= 11 is 5.88. The van der Waals surface area contributed by atoms with Gasteiger partial charge < -0.3 is 15.0 Å². The number of likely N-dealkylation sites (N-methyl/N-ethyl adjacent to an activating group) is 1. The molecule has 4 heteroatoms. The Morgan fingerprint density at radius 2 is 2.16 bits per heavy atom. The highest BCUT2D eigenvalue weighted by Gasteiger charge is 2.14. The average molecular weight is 283 g/mol. The van der Waals surface area contributed by atoms with Gasteiger partial charge in [-0.25, -0.2) is 0 Å². The van der Waals surface area contributed by atoms with Crippen molar-refractivity contribution >= 4 is 11.6 Å². The van der Waals surface area contributed by atoms with Crippen molar-refractivity contribution in [2.24, 2.45) is 5.92 Å². The summed E-state index contributed by atoms with van der Waals surface area (Å²) in [5.74, 6) is 0.710. The molecule has 0 bridgehead atoms. The Morgan fingerprint density at radius 3 is 2.84 bits per heavy atom. The van der Waals surface area contributed by atoms with Gasteiger partial charge in [-0.2, -0.15) is 0 Å². The van der Waals surface area contributed by atoms with Gasteiger partial charge in [-0.1, -0.05) is 23.7 Å². The van der Waals surface area contributed by atoms with Gasteiger partial charge in [0.25, 0.3) is 0 Å². The minimum atomic E-state index is 0.710. The van der Waals surface area contributed by atoms with E-state index in [2.05, 4.69) is 29.4 Å². The molecule has 2 rings (SSSR count). The van der Waals surface area contributed by atoms with E-state index < -0.39 is 0 Å². The van der Waals surface area contributed by atoms with Crippen LogP contribution in [-0.2, 0) is 11.3 Å². The van der Waals surface area contributed by atoms with Crippen LogP contribution in [0.2, 0.25) is 5.02 Å². The molecule has 106 valence electrons. The van der Waals surface area contributed by atoms with E-state index in [0.29, 0.717) is 5.92 Å². The third-order valence-electron chi connectivity index (χ3n) is 3.49. The maximum absolute atomic E-state index is 5.88. The quantitative estimate of drug-likeness (QED) is 0.777. The zero-order valence-electron chi connectivity index (χ0n) is 11.6.